The van der Waals surface area contributed by atoms with Crippen molar-refractivity contribution in [3.05, 3.63) is 83.9 Å². The molecule has 0 unspecified atom stereocenters. The molecule has 1 saturated heterocycles. The van der Waals surface area contributed by atoms with Crippen LogP contribution in [0.1, 0.15) is 29.9 Å². The Hall–Kier alpha value is -3.54. The fourth-order valence-corrected chi connectivity index (χ4v) is 5.81. The number of aliphatic hydroxyl groups is 1. The first-order valence-electron chi connectivity index (χ1n) is 11.8. The molecule has 2 aliphatic heterocycles. The summed E-state index contributed by atoms with van der Waals surface area (Å²) in [4.78, 5) is 16.5. The molecule has 4 atom stereocenters. The normalized spacial score (nSPS) is 22.4. The van der Waals surface area contributed by atoms with E-state index in [4.69, 9.17) is 9.47 Å². The average Bonchev–Trinajstić information content (AvgIpc) is 3.25. The van der Waals surface area contributed by atoms with Crippen LogP contribution in [0.4, 0.5) is 10.1 Å². The summed E-state index contributed by atoms with van der Waals surface area (Å²) in [6.45, 7) is 0.0847. The van der Waals surface area contributed by atoms with Crippen molar-refractivity contribution in [1.82, 2.24) is 10.3 Å². The highest BCUT2D eigenvalue weighted by molar-refractivity contribution is 7.92. The Morgan fingerprint density at radius 2 is 1.86 bits per heavy atom. The van der Waals surface area contributed by atoms with E-state index in [2.05, 4.69) is 15.0 Å². The number of hydrogen-bond donors (Lipinski definition) is 3. The van der Waals surface area contributed by atoms with Crippen molar-refractivity contribution < 1.29 is 32.2 Å². The van der Waals surface area contributed by atoms with Crippen molar-refractivity contribution in [2.24, 2.45) is 0 Å². The molecule has 194 valence electrons. The van der Waals surface area contributed by atoms with E-state index < -0.39 is 34.2 Å². The van der Waals surface area contributed by atoms with Crippen LogP contribution < -0.4 is 14.8 Å². The lowest BCUT2D eigenvalue weighted by Crippen LogP contribution is -2.47. The molecule has 11 heteroatoms. The van der Waals surface area contributed by atoms with Crippen LogP contribution in [0.15, 0.2) is 71.9 Å². The minimum atomic E-state index is -3.93. The fraction of sp³-hybridized carbons (Fsp3) is 0.308. The molecule has 2 aromatic carbocycles. The van der Waals surface area contributed by atoms with Crippen molar-refractivity contribution >= 4 is 21.6 Å². The van der Waals surface area contributed by atoms with Gasteiger partial charge >= 0.3 is 0 Å². The minimum Gasteiger partial charge on any atom is -0.487 e. The van der Waals surface area contributed by atoms with E-state index in [0.29, 0.717) is 24.4 Å². The third-order valence-electron chi connectivity index (χ3n) is 6.53. The van der Waals surface area contributed by atoms with Crippen LogP contribution in [0.5, 0.6) is 5.75 Å². The minimum absolute atomic E-state index is 0.0622. The van der Waals surface area contributed by atoms with Crippen molar-refractivity contribution in [2.45, 2.75) is 48.5 Å². The Morgan fingerprint density at radius 3 is 2.59 bits per heavy atom. The van der Waals surface area contributed by atoms with E-state index in [1.807, 2.05) is 12.1 Å². The highest BCUT2D eigenvalue weighted by atomic mass is 32.2. The zero-order valence-electron chi connectivity index (χ0n) is 19.7. The summed E-state index contributed by atoms with van der Waals surface area (Å²) >= 11 is 0. The zero-order chi connectivity index (χ0) is 26.0. The van der Waals surface area contributed by atoms with Crippen molar-refractivity contribution in [1.29, 1.82) is 0 Å². The molecule has 1 aromatic heterocycles. The Morgan fingerprint density at radius 1 is 1.11 bits per heavy atom. The first-order valence-corrected chi connectivity index (χ1v) is 13.3. The molecule has 1 amide bonds. The predicted octanol–water partition coefficient (Wildman–Crippen LogP) is 2.72. The van der Waals surface area contributed by atoms with Crippen LogP contribution in [0, 0.1) is 5.82 Å². The largest absolute Gasteiger partial charge is 0.487 e. The number of pyridine rings is 1. The Labute approximate surface area is 213 Å². The number of carbonyl (C=O) groups is 1. The maximum Gasteiger partial charge on any atom is 0.261 e. The molecule has 3 N–H and O–H groups in total. The lowest BCUT2D eigenvalue weighted by Gasteiger charge is -2.37. The molecule has 5 rings (SSSR count). The number of anilines is 1. The quantitative estimate of drug-likeness (QED) is 0.411. The molecule has 0 radical (unpaired) electrons. The van der Waals surface area contributed by atoms with Crippen LogP contribution in [-0.2, 0) is 26.1 Å². The van der Waals surface area contributed by atoms with Gasteiger partial charge in [-0.2, -0.15) is 0 Å². The van der Waals surface area contributed by atoms with Crippen LogP contribution in [0.3, 0.4) is 0 Å². The van der Waals surface area contributed by atoms with E-state index in [1.54, 1.807) is 30.6 Å². The van der Waals surface area contributed by atoms with Crippen molar-refractivity contribution in [3.63, 3.8) is 0 Å². The number of amides is 1. The number of nitrogens with zero attached hydrogens (tertiary/aromatic N) is 1. The second kappa shape index (κ2) is 10.4. The summed E-state index contributed by atoms with van der Waals surface area (Å²) in [5.74, 6) is -0.339. The molecule has 0 aliphatic carbocycles. The first-order chi connectivity index (χ1) is 17.8. The van der Waals surface area contributed by atoms with Gasteiger partial charge in [-0.15, -0.1) is 0 Å². The van der Waals surface area contributed by atoms with Gasteiger partial charge in [-0.05, 0) is 66.6 Å². The van der Waals surface area contributed by atoms with E-state index in [-0.39, 0.29) is 29.7 Å². The first kappa shape index (κ1) is 25.1. The predicted molar refractivity (Wildman–Crippen MR) is 132 cm³/mol. The number of ether oxygens (including phenoxy) is 2. The number of nitrogens with one attached hydrogen (secondary N) is 2. The van der Waals surface area contributed by atoms with Crippen LogP contribution >= 0.6 is 0 Å². The summed E-state index contributed by atoms with van der Waals surface area (Å²) < 4.78 is 53.3. The van der Waals surface area contributed by atoms with Gasteiger partial charge in [-0.1, -0.05) is 0 Å². The van der Waals surface area contributed by atoms with Crippen molar-refractivity contribution in [2.75, 3.05) is 11.3 Å². The van der Waals surface area contributed by atoms with Gasteiger partial charge in [-0.25, -0.2) is 12.8 Å². The number of hydrogen-bond acceptors (Lipinski definition) is 7. The summed E-state index contributed by atoms with van der Waals surface area (Å²) in [6, 6.07) is 13.1. The lowest BCUT2D eigenvalue weighted by molar-refractivity contribution is -0.142. The molecule has 3 aromatic rings. The van der Waals surface area contributed by atoms with E-state index in [9.17, 15) is 22.7 Å². The Bertz CT molecular complexity index is 1370. The second-order valence-electron chi connectivity index (χ2n) is 9.05. The van der Waals surface area contributed by atoms with E-state index >= 15 is 0 Å². The van der Waals surface area contributed by atoms with E-state index in [0.717, 1.165) is 23.3 Å². The number of aliphatic hydroxyl groups excluding tert-OH is 1. The van der Waals surface area contributed by atoms with Gasteiger partial charge in [0, 0.05) is 36.1 Å². The van der Waals surface area contributed by atoms with Crippen LogP contribution in [-0.4, -0.2) is 49.3 Å². The van der Waals surface area contributed by atoms with Crippen molar-refractivity contribution in [3.8, 4) is 5.75 Å². The molecule has 0 spiro atoms. The third-order valence-corrected chi connectivity index (χ3v) is 7.92. The molecule has 3 heterocycles. The second-order valence-corrected chi connectivity index (χ2v) is 10.7. The number of carbonyl (C=O) groups excluding carboxylic acids is 1. The molecule has 1 fully saturated rings. The number of rotatable bonds is 8. The third kappa shape index (κ3) is 5.58. The smallest absolute Gasteiger partial charge is 0.261 e. The fourth-order valence-electron chi connectivity index (χ4n) is 4.76. The van der Waals surface area contributed by atoms with Crippen LogP contribution in [0.2, 0.25) is 0 Å². The summed E-state index contributed by atoms with van der Waals surface area (Å²) in [5, 5.41) is 12.8. The molecule has 0 bridgehead atoms. The number of benzene rings is 2. The lowest BCUT2D eigenvalue weighted by atomic mass is 9.84. The molecular formula is C26H26FN3O6S. The summed E-state index contributed by atoms with van der Waals surface area (Å²) in [5.41, 5.74) is 2.02. The monoisotopic (exact) mass is 527 g/mol. The summed E-state index contributed by atoms with van der Waals surface area (Å²) in [6.07, 6.45) is 2.34. The number of fused-ring (bicyclic) bond motifs is 3. The number of sulfonamides is 1. The van der Waals surface area contributed by atoms with Gasteiger partial charge in [0.1, 0.15) is 23.8 Å². The molecule has 0 saturated carbocycles. The Balaban J connectivity index is 1.29. The van der Waals surface area contributed by atoms with Gasteiger partial charge in [0.05, 0.1) is 24.0 Å². The highest BCUT2D eigenvalue weighted by Gasteiger charge is 2.46. The number of halogens is 1. The Kier molecular flexibility index (Phi) is 7.09. The molecule has 2 aliphatic rings. The van der Waals surface area contributed by atoms with Gasteiger partial charge in [-0.3, -0.25) is 14.5 Å². The van der Waals surface area contributed by atoms with Crippen LogP contribution in [0.25, 0.3) is 0 Å². The average molecular weight is 528 g/mol. The van der Waals surface area contributed by atoms with Gasteiger partial charge in [0.25, 0.3) is 10.0 Å². The molecule has 9 nitrogen and oxygen atoms in total. The van der Waals surface area contributed by atoms with Gasteiger partial charge in [0.15, 0.2) is 0 Å². The van der Waals surface area contributed by atoms with Gasteiger partial charge < -0.3 is 19.9 Å². The number of aromatic nitrogens is 1. The molecule has 37 heavy (non-hydrogen) atoms. The van der Waals surface area contributed by atoms with E-state index in [1.165, 1.54) is 12.1 Å². The SMILES string of the molecule is O=C(C[C@H]1C[C@@H]2c3cc(NS(=O)(=O)c4ccc(F)cc4)ccc3O[C@@H]2[C@@H](CO)O1)NCc1ccncc1. The summed E-state index contributed by atoms with van der Waals surface area (Å²) in [7, 11) is -3.93. The maximum atomic E-state index is 13.2. The standard InChI is InChI=1S/C26H26FN3O6S/c27-17-1-4-20(5-2-17)37(33,34)30-18-3-6-23-21(11-18)22-12-19(35-24(15-31)26(22)36-23)13-25(32)29-14-16-7-9-28-10-8-16/h1-11,19,22,24,26,30-31H,12-15H2,(H,29,32)/t19-,22-,24-,26+/m1/s1. The maximum absolute atomic E-state index is 13.2. The highest BCUT2D eigenvalue weighted by Crippen LogP contribution is 2.47. The topological polar surface area (TPSA) is 127 Å². The zero-order valence-corrected chi connectivity index (χ0v) is 20.5. The van der Waals surface area contributed by atoms with Gasteiger partial charge in [0.2, 0.25) is 5.91 Å². The molecular weight excluding hydrogens is 501 g/mol.